The van der Waals surface area contributed by atoms with E-state index in [0.29, 0.717) is 23.9 Å². The van der Waals surface area contributed by atoms with Crippen LogP contribution in [0.1, 0.15) is 19.4 Å². The van der Waals surface area contributed by atoms with Gasteiger partial charge in [0.1, 0.15) is 0 Å². The molecule has 112 valence electrons. The van der Waals surface area contributed by atoms with E-state index in [4.69, 9.17) is 0 Å². The van der Waals surface area contributed by atoms with E-state index in [1.165, 1.54) is 0 Å². The molecular formula is C15H24N2O2S. The Hall–Kier alpha value is -0.910. The molecule has 1 aromatic rings. The van der Waals surface area contributed by atoms with Crippen LogP contribution < -0.4 is 0 Å². The SMILES string of the molecule is Cc1cccc(S(=O)(=O)N2CCN(CC(C)C)CC2)c1. The van der Waals surface area contributed by atoms with Crippen molar-refractivity contribution in [1.82, 2.24) is 9.21 Å². The van der Waals surface area contributed by atoms with Crippen LogP contribution in [-0.2, 0) is 10.0 Å². The molecule has 1 aliphatic heterocycles. The van der Waals surface area contributed by atoms with Gasteiger partial charge in [-0.1, -0.05) is 26.0 Å². The molecule has 0 amide bonds. The van der Waals surface area contributed by atoms with Crippen molar-refractivity contribution < 1.29 is 8.42 Å². The summed E-state index contributed by atoms with van der Waals surface area (Å²) in [6, 6.07) is 7.15. The van der Waals surface area contributed by atoms with Crippen LogP contribution >= 0.6 is 0 Å². The molecule has 1 saturated heterocycles. The molecular weight excluding hydrogens is 272 g/mol. The topological polar surface area (TPSA) is 40.6 Å². The Labute approximate surface area is 122 Å². The maximum absolute atomic E-state index is 12.6. The maximum Gasteiger partial charge on any atom is 0.243 e. The van der Waals surface area contributed by atoms with E-state index in [1.807, 2.05) is 13.0 Å². The highest BCUT2D eigenvalue weighted by atomic mass is 32.2. The summed E-state index contributed by atoms with van der Waals surface area (Å²) in [6.07, 6.45) is 0. The second-order valence-electron chi connectivity index (χ2n) is 5.92. The molecule has 1 aliphatic rings. The number of aryl methyl sites for hydroxylation is 1. The molecule has 1 aromatic carbocycles. The van der Waals surface area contributed by atoms with Crippen molar-refractivity contribution in [2.75, 3.05) is 32.7 Å². The molecule has 0 unspecified atom stereocenters. The fraction of sp³-hybridized carbons (Fsp3) is 0.600. The van der Waals surface area contributed by atoms with Crippen molar-refractivity contribution in [2.24, 2.45) is 5.92 Å². The standard InChI is InChI=1S/C15H24N2O2S/c1-13(2)12-16-7-9-17(10-8-16)20(18,19)15-6-4-5-14(3)11-15/h4-6,11,13H,7-10,12H2,1-3H3. The number of benzene rings is 1. The van der Waals surface area contributed by atoms with Gasteiger partial charge >= 0.3 is 0 Å². The average molecular weight is 296 g/mol. The summed E-state index contributed by atoms with van der Waals surface area (Å²) in [7, 11) is -3.33. The summed E-state index contributed by atoms with van der Waals surface area (Å²) < 4.78 is 26.8. The van der Waals surface area contributed by atoms with Gasteiger partial charge in [0.2, 0.25) is 10.0 Å². The van der Waals surface area contributed by atoms with Crippen molar-refractivity contribution in [2.45, 2.75) is 25.7 Å². The Morgan fingerprint density at radius 2 is 1.80 bits per heavy atom. The minimum Gasteiger partial charge on any atom is -0.300 e. The van der Waals surface area contributed by atoms with Crippen LogP contribution in [0.5, 0.6) is 0 Å². The molecule has 0 spiro atoms. The van der Waals surface area contributed by atoms with Crippen LogP contribution in [-0.4, -0.2) is 50.3 Å². The third-order valence-electron chi connectivity index (χ3n) is 3.58. The van der Waals surface area contributed by atoms with Gasteiger partial charge in [-0.25, -0.2) is 8.42 Å². The fourth-order valence-corrected chi connectivity index (χ4v) is 4.12. The lowest BCUT2D eigenvalue weighted by Crippen LogP contribution is -2.49. The van der Waals surface area contributed by atoms with E-state index in [0.717, 1.165) is 25.2 Å². The Bertz CT molecular complexity index is 547. The summed E-state index contributed by atoms with van der Waals surface area (Å²) in [4.78, 5) is 2.75. The summed E-state index contributed by atoms with van der Waals surface area (Å²) in [5.41, 5.74) is 0.976. The highest BCUT2D eigenvalue weighted by Gasteiger charge is 2.28. The predicted octanol–water partition coefficient (Wildman–Crippen LogP) is 1.96. The van der Waals surface area contributed by atoms with Crippen molar-refractivity contribution >= 4 is 10.0 Å². The first kappa shape index (κ1) is 15.5. The fourth-order valence-electron chi connectivity index (χ4n) is 2.59. The summed E-state index contributed by atoms with van der Waals surface area (Å²) in [5, 5.41) is 0. The molecule has 1 fully saturated rings. The number of nitrogens with zero attached hydrogens (tertiary/aromatic N) is 2. The number of piperazine rings is 1. The Balaban J connectivity index is 2.06. The van der Waals surface area contributed by atoms with E-state index in [9.17, 15) is 8.42 Å². The smallest absolute Gasteiger partial charge is 0.243 e. The Morgan fingerprint density at radius 1 is 1.15 bits per heavy atom. The van der Waals surface area contributed by atoms with Crippen molar-refractivity contribution in [3.63, 3.8) is 0 Å². The van der Waals surface area contributed by atoms with E-state index in [2.05, 4.69) is 18.7 Å². The molecule has 0 bridgehead atoms. The number of rotatable bonds is 4. The molecule has 0 atom stereocenters. The predicted molar refractivity (Wildman–Crippen MR) is 81.2 cm³/mol. The van der Waals surface area contributed by atoms with Gasteiger partial charge in [-0.05, 0) is 30.5 Å². The van der Waals surface area contributed by atoms with Crippen LogP contribution in [0.15, 0.2) is 29.2 Å². The Morgan fingerprint density at radius 3 is 2.35 bits per heavy atom. The summed E-state index contributed by atoms with van der Waals surface area (Å²) in [6.45, 7) is 10.2. The molecule has 20 heavy (non-hydrogen) atoms. The first-order valence-corrected chi connectivity index (χ1v) is 8.63. The quantitative estimate of drug-likeness (QED) is 0.853. The second-order valence-corrected chi connectivity index (χ2v) is 7.85. The number of sulfonamides is 1. The summed E-state index contributed by atoms with van der Waals surface area (Å²) >= 11 is 0. The zero-order valence-electron chi connectivity index (χ0n) is 12.5. The van der Waals surface area contributed by atoms with Crippen LogP contribution in [0.25, 0.3) is 0 Å². The van der Waals surface area contributed by atoms with Crippen LogP contribution in [0.4, 0.5) is 0 Å². The number of hydrogen-bond acceptors (Lipinski definition) is 3. The van der Waals surface area contributed by atoms with Crippen molar-refractivity contribution in [3.8, 4) is 0 Å². The van der Waals surface area contributed by atoms with Crippen LogP contribution in [0.2, 0.25) is 0 Å². The minimum absolute atomic E-state index is 0.412. The molecule has 0 N–H and O–H groups in total. The van der Waals surface area contributed by atoms with Crippen LogP contribution in [0.3, 0.4) is 0 Å². The molecule has 4 nitrogen and oxygen atoms in total. The molecule has 5 heteroatoms. The average Bonchev–Trinajstić information content (AvgIpc) is 2.38. The third-order valence-corrected chi connectivity index (χ3v) is 5.48. The molecule has 0 aromatic heterocycles. The van der Waals surface area contributed by atoms with E-state index in [-0.39, 0.29) is 0 Å². The summed E-state index contributed by atoms with van der Waals surface area (Å²) in [5.74, 6) is 0.620. The number of hydrogen-bond donors (Lipinski definition) is 0. The van der Waals surface area contributed by atoms with Gasteiger partial charge in [0.25, 0.3) is 0 Å². The second kappa shape index (κ2) is 6.24. The van der Waals surface area contributed by atoms with Gasteiger partial charge < -0.3 is 4.90 Å². The van der Waals surface area contributed by atoms with Gasteiger partial charge in [0.05, 0.1) is 4.90 Å². The first-order chi connectivity index (χ1) is 9.39. The van der Waals surface area contributed by atoms with E-state index in [1.54, 1.807) is 22.5 Å². The molecule has 2 rings (SSSR count). The van der Waals surface area contributed by atoms with Crippen molar-refractivity contribution in [1.29, 1.82) is 0 Å². The van der Waals surface area contributed by atoms with Crippen LogP contribution in [0, 0.1) is 12.8 Å². The molecule has 0 aliphatic carbocycles. The van der Waals surface area contributed by atoms with Gasteiger partial charge in [0, 0.05) is 32.7 Å². The Kier molecular flexibility index (Phi) is 4.83. The molecule has 0 saturated carbocycles. The van der Waals surface area contributed by atoms with Gasteiger partial charge in [-0.15, -0.1) is 0 Å². The maximum atomic E-state index is 12.6. The van der Waals surface area contributed by atoms with Crippen molar-refractivity contribution in [3.05, 3.63) is 29.8 Å². The lowest BCUT2D eigenvalue weighted by Gasteiger charge is -2.34. The molecule has 1 heterocycles. The monoisotopic (exact) mass is 296 g/mol. The van der Waals surface area contributed by atoms with Gasteiger partial charge in [0.15, 0.2) is 0 Å². The highest BCUT2D eigenvalue weighted by molar-refractivity contribution is 7.89. The zero-order valence-corrected chi connectivity index (χ0v) is 13.4. The third kappa shape index (κ3) is 3.59. The largest absolute Gasteiger partial charge is 0.300 e. The molecule has 0 radical (unpaired) electrons. The highest BCUT2D eigenvalue weighted by Crippen LogP contribution is 2.18. The zero-order chi connectivity index (χ0) is 14.8. The lowest BCUT2D eigenvalue weighted by atomic mass is 10.2. The lowest BCUT2D eigenvalue weighted by molar-refractivity contribution is 0.172. The normalized spacial score (nSPS) is 18.6. The van der Waals surface area contributed by atoms with Gasteiger partial charge in [-0.3, -0.25) is 0 Å². The minimum atomic E-state index is -3.33. The van der Waals surface area contributed by atoms with E-state index < -0.39 is 10.0 Å². The van der Waals surface area contributed by atoms with Gasteiger partial charge in [-0.2, -0.15) is 4.31 Å². The first-order valence-electron chi connectivity index (χ1n) is 7.19. The van der Waals surface area contributed by atoms with E-state index >= 15 is 0 Å².